The van der Waals surface area contributed by atoms with Gasteiger partial charge >= 0.3 is 0 Å². The fraction of sp³-hybridized carbons (Fsp3) is 0.333. The van der Waals surface area contributed by atoms with E-state index in [9.17, 15) is 5.11 Å². The number of phenolic OH excluding ortho intramolecular Hbond substituents is 1. The summed E-state index contributed by atoms with van der Waals surface area (Å²) in [5, 5.41) is 11.1. The summed E-state index contributed by atoms with van der Waals surface area (Å²) in [7, 11) is 3.97. The van der Waals surface area contributed by atoms with E-state index >= 15 is 0 Å². The minimum atomic E-state index is 0.316. The van der Waals surface area contributed by atoms with Crippen molar-refractivity contribution in [2.45, 2.75) is 26.9 Å². The first-order chi connectivity index (χ1) is 11.4. The Balaban J connectivity index is 1.92. The van der Waals surface area contributed by atoms with E-state index in [4.69, 9.17) is 0 Å². The third-order valence-corrected chi connectivity index (χ3v) is 4.98. The molecule has 6 heteroatoms. The fourth-order valence-electron chi connectivity index (χ4n) is 2.64. The first-order valence-corrected chi connectivity index (χ1v) is 8.66. The second-order valence-electron chi connectivity index (χ2n) is 6.21. The van der Waals surface area contributed by atoms with Crippen LogP contribution in [-0.2, 0) is 13.1 Å². The average molecular weight is 342 g/mol. The predicted octanol–water partition coefficient (Wildman–Crippen LogP) is 3.44. The molecule has 0 aliphatic carbocycles. The van der Waals surface area contributed by atoms with Gasteiger partial charge in [0, 0.05) is 34.9 Å². The number of hydrogen-bond acceptors (Lipinski definition) is 5. The number of thiazole rings is 1. The summed E-state index contributed by atoms with van der Waals surface area (Å²) in [4.78, 5) is 12.4. The quantitative estimate of drug-likeness (QED) is 0.772. The van der Waals surface area contributed by atoms with E-state index in [1.165, 1.54) is 4.88 Å². The number of imidazole rings is 1. The minimum absolute atomic E-state index is 0.316. The zero-order chi connectivity index (χ0) is 17.3. The zero-order valence-corrected chi connectivity index (χ0v) is 15.3. The van der Waals surface area contributed by atoms with Crippen LogP contribution >= 0.6 is 11.3 Å². The van der Waals surface area contributed by atoms with Crippen LogP contribution in [0.4, 0.5) is 0 Å². The van der Waals surface area contributed by atoms with Gasteiger partial charge in [-0.1, -0.05) is 0 Å². The Bertz CT molecular complexity index is 831. The third-order valence-electron chi connectivity index (χ3n) is 3.92. The summed E-state index contributed by atoms with van der Waals surface area (Å²) < 4.78 is 2.10. The SMILES string of the molecule is Cc1nc(Cn2ccnc2-c2ccc(O)c(CN(C)C)c2)sc1C. The average Bonchev–Trinajstić information content (AvgIpc) is 3.08. The van der Waals surface area contributed by atoms with Crippen LogP contribution < -0.4 is 0 Å². The highest BCUT2D eigenvalue weighted by atomic mass is 32.1. The van der Waals surface area contributed by atoms with E-state index in [-0.39, 0.29) is 0 Å². The molecule has 0 aliphatic rings. The summed E-state index contributed by atoms with van der Waals surface area (Å²) in [5.41, 5.74) is 2.99. The highest BCUT2D eigenvalue weighted by Crippen LogP contribution is 2.27. The Morgan fingerprint density at radius 3 is 2.71 bits per heavy atom. The number of rotatable bonds is 5. The van der Waals surface area contributed by atoms with Gasteiger partial charge in [0.15, 0.2) is 0 Å². The summed E-state index contributed by atoms with van der Waals surface area (Å²) in [5.74, 6) is 1.21. The largest absolute Gasteiger partial charge is 0.508 e. The number of aromatic hydroxyl groups is 1. The monoisotopic (exact) mass is 342 g/mol. The smallest absolute Gasteiger partial charge is 0.140 e. The van der Waals surface area contributed by atoms with Crippen LogP contribution in [0, 0.1) is 13.8 Å². The first-order valence-electron chi connectivity index (χ1n) is 7.85. The molecule has 24 heavy (non-hydrogen) atoms. The number of aryl methyl sites for hydroxylation is 2. The van der Waals surface area contributed by atoms with E-state index in [1.807, 2.05) is 44.2 Å². The van der Waals surface area contributed by atoms with Crippen molar-refractivity contribution < 1.29 is 5.11 Å². The van der Waals surface area contributed by atoms with Gasteiger partial charge < -0.3 is 14.6 Å². The molecule has 2 aromatic heterocycles. The molecule has 5 nitrogen and oxygen atoms in total. The van der Waals surface area contributed by atoms with Gasteiger partial charge in [0.2, 0.25) is 0 Å². The van der Waals surface area contributed by atoms with Crippen molar-refractivity contribution in [2.24, 2.45) is 0 Å². The summed E-state index contributed by atoms with van der Waals surface area (Å²) in [6, 6.07) is 5.66. The van der Waals surface area contributed by atoms with Crippen molar-refractivity contribution >= 4 is 11.3 Å². The van der Waals surface area contributed by atoms with E-state index < -0.39 is 0 Å². The summed E-state index contributed by atoms with van der Waals surface area (Å²) in [6.07, 6.45) is 3.78. The fourth-order valence-corrected chi connectivity index (χ4v) is 3.57. The molecule has 0 saturated heterocycles. The molecule has 0 amide bonds. The van der Waals surface area contributed by atoms with E-state index in [1.54, 1.807) is 23.6 Å². The predicted molar refractivity (Wildman–Crippen MR) is 97.4 cm³/mol. The molecule has 126 valence electrons. The van der Waals surface area contributed by atoms with Gasteiger partial charge in [0.25, 0.3) is 0 Å². The van der Waals surface area contributed by atoms with E-state index in [2.05, 4.69) is 21.5 Å². The number of phenols is 1. The Kier molecular flexibility index (Phi) is 4.69. The molecule has 0 spiro atoms. The molecule has 1 N–H and O–H groups in total. The zero-order valence-electron chi connectivity index (χ0n) is 14.4. The molecular weight excluding hydrogens is 320 g/mol. The number of aromatic nitrogens is 3. The summed E-state index contributed by atoms with van der Waals surface area (Å²) in [6.45, 7) is 5.53. The van der Waals surface area contributed by atoms with Crippen LogP contribution in [-0.4, -0.2) is 38.6 Å². The summed E-state index contributed by atoms with van der Waals surface area (Å²) >= 11 is 1.72. The molecule has 0 atom stereocenters. The van der Waals surface area contributed by atoms with Crippen molar-refractivity contribution in [3.8, 4) is 17.1 Å². The van der Waals surface area contributed by atoms with Gasteiger partial charge in [-0.3, -0.25) is 0 Å². The van der Waals surface area contributed by atoms with Gasteiger partial charge in [-0.15, -0.1) is 11.3 Å². The molecule has 0 fully saturated rings. The highest BCUT2D eigenvalue weighted by molar-refractivity contribution is 7.11. The maximum atomic E-state index is 10.1. The molecule has 0 bridgehead atoms. The molecule has 3 aromatic rings. The lowest BCUT2D eigenvalue weighted by Crippen LogP contribution is -2.11. The van der Waals surface area contributed by atoms with E-state index in [0.29, 0.717) is 18.8 Å². The molecule has 1 aromatic carbocycles. The second kappa shape index (κ2) is 6.75. The lowest BCUT2D eigenvalue weighted by Gasteiger charge is -2.13. The highest BCUT2D eigenvalue weighted by Gasteiger charge is 2.12. The van der Waals surface area contributed by atoms with Crippen molar-refractivity contribution in [3.63, 3.8) is 0 Å². The number of hydrogen-bond donors (Lipinski definition) is 1. The third kappa shape index (κ3) is 3.49. The molecule has 0 saturated carbocycles. The Hall–Kier alpha value is -2.18. The Labute approximate surface area is 146 Å². The normalized spacial score (nSPS) is 11.4. The van der Waals surface area contributed by atoms with Crippen molar-refractivity contribution in [1.29, 1.82) is 0 Å². The van der Waals surface area contributed by atoms with Crippen LogP contribution in [0.2, 0.25) is 0 Å². The number of benzene rings is 1. The molecular formula is C18H22N4OS. The minimum Gasteiger partial charge on any atom is -0.508 e. The lowest BCUT2D eigenvalue weighted by molar-refractivity contribution is 0.386. The van der Waals surface area contributed by atoms with Gasteiger partial charge in [-0.05, 0) is 46.1 Å². The van der Waals surface area contributed by atoms with Crippen LogP contribution in [0.5, 0.6) is 5.75 Å². The van der Waals surface area contributed by atoms with Crippen LogP contribution in [0.1, 0.15) is 21.1 Å². The van der Waals surface area contributed by atoms with Crippen molar-refractivity contribution in [1.82, 2.24) is 19.4 Å². The van der Waals surface area contributed by atoms with Gasteiger partial charge in [0.05, 0.1) is 12.2 Å². The maximum Gasteiger partial charge on any atom is 0.140 e. The van der Waals surface area contributed by atoms with E-state index in [0.717, 1.165) is 27.7 Å². The van der Waals surface area contributed by atoms with Gasteiger partial charge in [0.1, 0.15) is 16.6 Å². The second-order valence-corrected chi connectivity index (χ2v) is 7.50. The van der Waals surface area contributed by atoms with Gasteiger partial charge in [-0.2, -0.15) is 0 Å². The topological polar surface area (TPSA) is 54.2 Å². The molecule has 0 unspecified atom stereocenters. The number of nitrogens with zero attached hydrogens (tertiary/aromatic N) is 4. The molecule has 3 rings (SSSR count). The molecule has 2 heterocycles. The van der Waals surface area contributed by atoms with Crippen LogP contribution in [0.15, 0.2) is 30.6 Å². The Morgan fingerprint density at radius 2 is 2.04 bits per heavy atom. The molecule has 0 aliphatic heterocycles. The first kappa shape index (κ1) is 16.7. The van der Waals surface area contributed by atoms with Gasteiger partial charge in [-0.25, -0.2) is 9.97 Å². The standard InChI is InChI=1S/C18H22N4OS/c1-12-13(2)24-17(20-12)11-22-8-7-19-18(22)14-5-6-16(23)15(9-14)10-21(3)4/h5-9,23H,10-11H2,1-4H3. The van der Waals surface area contributed by atoms with Crippen LogP contribution in [0.25, 0.3) is 11.4 Å². The van der Waals surface area contributed by atoms with Crippen molar-refractivity contribution in [3.05, 3.63) is 51.7 Å². The Morgan fingerprint density at radius 1 is 1.25 bits per heavy atom. The lowest BCUT2D eigenvalue weighted by atomic mass is 10.1. The maximum absolute atomic E-state index is 10.1. The van der Waals surface area contributed by atoms with Crippen LogP contribution in [0.3, 0.4) is 0 Å². The van der Waals surface area contributed by atoms with Crippen molar-refractivity contribution in [2.75, 3.05) is 14.1 Å². The molecule has 0 radical (unpaired) electrons.